The molecular weight excluding hydrogens is 122 g/mol. The van der Waals surface area contributed by atoms with Gasteiger partial charge in [-0.25, -0.2) is 5.90 Å². The number of aliphatic hydroxyl groups excluding tert-OH is 2. The van der Waals surface area contributed by atoms with E-state index in [0.717, 1.165) is 0 Å². The number of hydrogen-bond acceptors (Lipinski definition) is 4. The maximum atomic E-state index is 9.00. The van der Waals surface area contributed by atoms with Crippen LogP contribution in [0.1, 0.15) is 12.8 Å². The van der Waals surface area contributed by atoms with Crippen LogP contribution in [0.25, 0.3) is 0 Å². The minimum atomic E-state index is -0.796. The third-order valence-corrected chi connectivity index (χ3v) is 1.70. The van der Waals surface area contributed by atoms with Crippen LogP contribution in [0.15, 0.2) is 0 Å². The van der Waals surface area contributed by atoms with Crippen molar-refractivity contribution < 1.29 is 15.1 Å². The first kappa shape index (κ1) is 6.95. The quantitative estimate of drug-likeness (QED) is 0.391. The average molecular weight is 133 g/mol. The summed E-state index contributed by atoms with van der Waals surface area (Å²) in [6.45, 7) is 0. The van der Waals surface area contributed by atoms with Crippen molar-refractivity contribution in [3.05, 3.63) is 0 Å². The number of nitrogens with two attached hydrogens (primary N) is 1. The van der Waals surface area contributed by atoms with Crippen LogP contribution in [0, 0.1) is 0 Å². The Morgan fingerprint density at radius 1 is 1.33 bits per heavy atom. The van der Waals surface area contributed by atoms with E-state index in [1.165, 1.54) is 0 Å². The number of aliphatic hydroxyl groups is 2. The minimum Gasteiger partial charge on any atom is -0.390 e. The third-order valence-electron chi connectivity index (χ3n) is 1.70. The fourth-order valence-electron chi connectivity index (χ4n) is 1.07. The first-order chi connectivity index (χ1) is 4.25. The van der Waals surface area contributed by atoms with Gasteiger partial charge < -0.3 is 10.2 Å². The van der Waals surface area contributed by atoms with Crippen LogP contribution in [0.3, 0.4) is 0 Å². The fraction of sp³-hybridized carbons (Fsp3) is 1.00. The molecule has 4 heteroatoms. The van der Waals surface area contributed by atoms with Crippen LogP contribution in [0.2, 0.25) is 0 Å². The summed E-state index contributed by atoms with van der Waals surface area (Å²) < 4.78 is 0. The Bertz CT molecular complexity index is 98.2. The average Bonchev–Trinajstić information content (AvgIpc) is 2.15. The Hall–Kier alpha value is -0.160. The van der Waals surface area contributed by atoms with E-state index in [2.05, 4.69) is 4.84 Å². The van der Waals surface area contributed by atoms with Crippen LogP contribution in [-0.4, -0.2) is 28.5 Å². The van der Waals surface area contributed by atoms with E-state index in [1.54, 1.807) is 0 Å². The van der Waals surface area contributed by atoms with Crippen molar-refractivity contribution in [2.45, 2.75) is 31.2 Å². The SMILES string of the molecule is NO[C@@H]1CC[C@@H](O)[C@H]1O. The summed E-state index contributed by atoms with van der Waals surface area (Å²) in [5.41, 5.74) is 0. The van der Waals surface area contributed by atoms with Crippen molar-refractivity contribution in [3.8, 4) is 0 Å². The second-order valence-corrected chi connectivity index (χ2v) is 2.31. The van der Waals surface area contributed by atoms with Gasteiger partial charge in [0.05, 0.1) is 6.10 Å². The van der Waals surface area contributed by atoms with Gasteiger partial charge in [0.2, 0.25) is 0 Å². The van der Waals surface area contributed by atoms with Crippen molar-refractivity contribution in [1.82, 2.24) is 0 Å². The largest absolute Gasteiger partial charge is 0.390 e. The molecule has 0 aromatic carbocycles. The molecule has 0 heterocycles. The van der Waals surface area contributed by atoms with E-state index in [1.807, 2.05) is 0 Å². The van der Waals surface area contributed by atoms with Crippen molar-refractivity contribution >= 4 is 0 Å². The lowest BCUT2D eigenvalue weighted by molar-refractivity contribution is -0.0553. The molecule has 1 rings (SSSR count). The topological polar surface area (TPSA) is 75.7 Å². The Labute approximate surface area is 53.2 Å². The molecule has 4 nitrogen and oxygen atoms in total. The third kappa shape index (κ3) is 1.21. The predicted molar refractivity (Wildman–Crippen MR) is 30.3 cm³/mol. The molecule has 0 aromatic heterocycles. The molecule has 0 saturated heterocycles. The summed E-state index contributed by atoms with van der Waals surface area (Å²) in [6, 6.07) is 0. The van der Waals surface area contributed by atoms with Crippen molar-refractivity contribution in [2.75, 3.05) is 0 Å². The van der Waals surface area contributed by atoms with Gasteiger partial charge >= 0.3 is 0 Å². The van der Waals surface area contributed by atoms with Gasteiger partial charge in [-0.15, -0.1) is 0 Å². The normalized spacial score (nSPS) is 43.7. The molecule has 0 unspecified atom stereocenters. The van der Waals surface area contributed by atoms with Crippen LogP contribution < -0.4 is 5.90 Å². The van der Waals surface area contributed by atoms with Gasteiger partial charge in [0.15, 0.2) is 0 Å². The Balaban J connectivity index is 2.41. The molecule has 1 aliphatic carbocycles. The van der Waals surface area contributed by atoms with Gasteiger partial charge in [0, 0.05) is 0 Å². The van der Waals surface area contributed by atoms with E-state index in [0.29, 0.717) is 12.8 Å². The molecule has 9 heavy (non-hydrogen) atoms. The summed E-state index contributed by atoms with van der Waals surface area (Å²) in [6.07, 6.45) is -0.615. The maximum absolute atomic E-state index is 9.00. The zero-order chi connectivity index (χ0) is 6.85. The molecule has 0 aromatic rings. The minimum absolute atomic E-state index is 0.375. The van der Waals surface area contributed by atoms with Crippen LogP contribution >= 0.6 is 0 Å². The second kappa shape index (κ2) is 2.62. The Morgan fingerprint density at radius 3 is 2.22 bits per heavy atom. The Morgan fingerprint density at radius 2 is 2.00 bits per heavy atom. The summed E-state index contributed by atoms with van der Waals surface area (Å²) in [7, 11) is 0. The van der Waals surface area contributed by atoms with E-state index < -0.39 is 12.2 Å². The lowest BCUT2D eigenvalue weighted by Crippen LogP contribution is -2.32. The molecular formula is C5H11NO3. The summed E-state index contributed by atoms with van der Waals surface area (Å²) in [5.74, 6) is 4.82. The van der Waals surface area contributed by atoms with Crippen molar-refractivity contribution in [3.63, 3.8) is 0 Å². The molecule has 1 fully saturated rings. The molecule has 0 amide bonds. The highest BCUT2D eigenvalue weighted by Crippen LogP contribution is 2.20. The van der Waals surface area contributed by atoms with Crippen LogP contribution in [-0.2, 0) is 4.84 Å². The van der Waals surface area contributed by atoms with Gasteiger partial charge in [-0.2, -0.15) is 0 Å². The van der Waals surface area contributed by atoms with Crippen LogP contribution in [0.5, 0.6) is 0 Å². The van der Waals surface area contributed by atoms with Gasteiger partial charge in [-0.3, -0.25) is 4.84 Å². The lowest BCUT2D eigenvalue weighted by atomic mass is 10.2. The zero-order valence-corrected chi connectivity index (χ0v) is 5.03. The molecule has 0 radical (unpaired) electrons. The van der Waals surface area contributed by atoms with Gasteiger partial charge in [-0.1, -0.05) is 0 Å². The lowest BCUT2D eigenvalue weighted by Gasteiger charge is -2.12. The smallest absolute Gasteiger partial charge is 0.108 e. The highest BCUT2D eigenvalue weighted by molar-refractivity contribution is 4.84. The Kier molecular flexibility index (Phi) is 2.02. The molecule has 3 atom stereocenters. The molecule has 0 aliphatic heterocycles. The standard InChI is InChI=1S/C5H11NO3/c6-9-4-2-1-3(7)5(4)8/h3-5,7-8H,1-2,6H2/t3-,4-,5-/m1/s1. The molecule has 54 valence electrons. The molecule has 1 aliphatic rings. The van der Waals surface area contributed by atoms with Gasteiger partial charge in [-0.05, 0) is 12.8 Å². The fourth-order valence-corrected chi connectivity index (χ4v) is 1.07. The summed E-state index contributed by atoms with van der Waals surface area (Å²) in [4.78, 5) is 4.38. The van der Waals surface area contributed by atoms with Crippen LogP contribution in [0.4, 0.5) is 0 Å². The zero-order valence-electron chi connectivity index (χ0n) is 5.03. The predicted octanol–water partition coefficient (Wildman–Crippen LogP) is -1.24. The summed E-state index contributed by atoms with van der Waals surface area (Å²) in [5, 5.41) is 17.9. The van der Waals surface area contributed by atoms with Gasteiger partial charge in [0.1, 0.15) is 12.2 Å². The van der Waals surface area contributed by atoms with Gasteiger partial charge in [0.25, 0.3) is 0 Å². The highest BCUT2D eigenvalue weighted by atomic mass is 16.6. The van der Waals surface area contributed by atoms with E-state index in [4.69, 9.17) is 16.1 Å². The second-order valence-electron chi connectivity index (χ2n) is 2.31. The molecule has 0 bridgehead atoms. The summed E-state index contributed by atoms with van der Waals surface area (Å²) >= 11 is 0. The number of hydrogen-bond donors (Lipinski definition) is 3. The number of rotatable bonds is 1. The molecule has 0 spiro atoms. The van der Waals surface area contributed by atoms with Crippen molar-refractivity contribution in [2.24, 2.45) is 5.90 Å². The van der Waals surface area contributed by atoms with E-state index in [-0.39, 0.29) is 6.10 Å². The highest BCUT2D eigenvalue weighted by Gasteiger charge is 2.33. The molecule has 1 saturated carbocycles. The first-order valence-electron chi connectivity index (χ1n) is 2.97. The molecule has 4 N–H and O–H groups in total. The van der Waals surface area contributed by atoms with E-state index >= 15 is 0 Å². The monoisotopic (exact) mass is 133 g/mol. The van der Waals surface area contributed by atoms with Crippen molar-refractivity contribution in [1.29, 1.82) is 0 Å². The van der Waals surface area contributed by atoms with E-state index in [9.17, 15) is 0 Å². The maximum Gasteiger partial charge on any atom is 0.108 e. The first-order valence-corrected chi connectivity index (χ1v) is 2.97.